The molecule has 0 unspecified atom stereocenters. The summed E-state index contributed by atoms with van der Waals surface area (Å²) in [6.07, 6.45) is 0.984. The summed E-state index contributed by atoms with van der Waals surface area (Å²) < 4.78 is 4.77. The Bertz CT molecular complexity index is 194. The Hall–Kier alpha value is -1.04. The van der Waals surface area contributed by atoms with Gasteiger partial charge in [-0.05, 0) is 19.3 Å². The lowest BCUT2D eigenvalue weighted by Gasteiger charge is -2.10. The molecule has 3 nitrogen and oxygen atoms in total. The van der Waals surface area contributed by atoms with Crippen molar-refractivity contribution in [1.82, 2.24) is 0 Å². The van der Waals surface area contributed by atoms with Crippen molar-refractivity contribution in [1.29, 1.82) is 5.26 Å². The largest absolute Gasteiger partial charge is 0.466 e. The van der Waals surface area contributed by atoms with Gasteiger partial charge in [0.25, 0.3) is 0 Å². The molecular formula is C10H17NO2. The molecule has 0 aliphatic rings. The molecule has 13 heavy (non-hydrogen) atoms. The SMILES string of the molecule is CCOC(=O)C[C@@H](C#N)CC(C)C. The molecule has 0 heterocycles. The summed E-state index contributed by atoms with van der Waals surface area (Å²) in [7, 11) is 0. The molecule has 0 bridgehead atoms. The van der Waals surface area contributed by atoms with Gasteiger partial charge in [0.15, 0.2) is 0 Å². The van der Waals surface area contributed by atoms with E-state index in [0.29, 0.717) is 12.5 Å². The molecule has 3 heteroatoms. The van der Waals surface area contributed by atoms with Gasteiger partial charge < -0.3 is 4.74 Å². The first kappa shape index (κ1) is 12.0. The summed E-state index contributed by atoms with van der Waals surface area (Å²) >= 11 is 0. The maximum atomic E-state index is 11.0. The van der Waals surface area contributed by atoms with Crippen LogP contribution in [-0.4, -0.2) is 12.6 Å². The molecule has 0 aromatic heterocycles. The molecule has 0 rings (SSSR count). The van der Waals surface area contributed by atoms with E-state index in [-0.39, 0.29) is 18.3 Å². The Balaban J connectivity index is 3.85. The van der Waals surface area contributed by atoms with Gasteiger partial charge in [0, 0.05) is 0 Å². The van der Waals surface area contributed by atoms with Gasteiger partial charge in [0.05, 0.1) is 25.0 Å². The van der Waals surface area contributed by atoms with Crippen molar-refractivity contribution >= 4 is 5.97 Å². The second-order valence-corrected chi connectivity index (χ2v) is 3.46. The number of carbonyl (C=O) groups excluding carboxylic acids is 1. The van der Waals surface area contributed by atoms with E-state index in [9.17, 15) is 4.79 Å². The van der Waals surface area contributed by atoms with Crippen LogP contribution in [0, 0.1) is 23.2 Å². The summed E-state index contributed by atoms with van der Waals surface area (Å²) in [5, 5.41) is 8.73. The van der Waals surface area contributed by atoms with Crippen molar-refractivity contribution in [3.63, 3.8) is 0 Å². The highest BCUT2D eigenvalue weighted by Crippen LogP contribution is 2.14. The van der Waals surface area contributed by atoms with Crippen molar-refractivity contribution < 1.29 is 9.53 Å². The molecule has 0 spiro atoms. The molecule has 0 aromatic rings. The van der Waals surface area contributed by atoms with Gasteiger partial charge in [0.1, 0.15) is 0 Å². The zero-order valence-electron chi connectivity index (χ0n) is 8.54. The normalized spacial score (nSPS) is 12.2. The fraction of sp³-hybridized carbons (Fsp3) is 0.800. The van der Waals surface area contributed by atoms with Gasteiger partial charge in [0.2, 0.25) is 0 Å². The minimum Gasteiger partial charge on any atom is -0.466 e. The van der Waals surface area contributed by atoms with E-state index in [1.165, 1.54) is 0 Å². The highest BCUT2D eigenvalue weighted by molar-refractivity contribution is 5.70. The standard InChI is InChI=1S/C10H17NO2/c1-4-13-10(12)6-9(7-11)5-8(2)3/h8-9H,4-6H2,1-3H3/t9-/m0/s1. The molecular weight excluding hydrogens is 166 g/mol. The first-order valence-electron chi connectivity index (χ1n) is 4.65. The van der Waals surface area contributed by atoms with Crippen LogP contribution in [0.3, 0.4) is 0 Å². The predicted molar refractivity (Wildman–Crippen MR) is 49.8 cm³/mol. The van der Waals surface area contributed by atoms with E-state index >= 15 is 0 Å². The maximum absolute atomic E-state index is 11.0. The molecule has 0 aliphatic carbocycles. The van der Waals surface area contributed by atoms with Gasteiger partial charge >= 0.3 is 5.97 Å². The van der Waals surface area contributed by atoms with E-state index in [1.54, 1.807) is 6.92 Å². The van der Waals surface area contributed by atoms with Gasteiger partial charge in [-0.1, -0.05) is 13.8 Å². The van der Waals surface area contributed by atoms with Crippen LogP contribution in [-0.2, 0) is 9.53 Å². The van der Waals surface area contributed by atoms with E-state index in [4.69, 9.17) is 10.00 Å². The minimum atomic E-state index is -0.269. The zero-order valence-corrected chi connectivity index (χ0v) is 8.54. The van der Waals surface area contributed by atoms with Crippen LogP contribution in [0.4, 0.5) is 0 Å². The lowest BCUT2D eigenvalue weighted by atomic mass is 9.96. The molecule has 0 aromatic carbocycles. The van der Waals surface area contributed by atoms with Gasteiger partial charge in [-0.2, -0.15) is 5.26 Å². The van der Waals surface area contributed by atoms with E-state index in [1.807, 2.05) is 13.8 Å². The molecule has 1 atom stereocenters. The summed E-state index contributed by atoms with van der Waals surface area (Å²) in [5.41, 5.74) is 0. The Morgan fingerprint density at radius 1 is 1.54 bits per heavy atom. The molecule has 0 fully saturated rings. The minimum absolute atomic E-state index is 0.195. The van der Waals surface area contributed by atoms with Crippen LogP contribution in [0.25, 0.3) is 0 Å². The molecule has 0 amide bonds. The summed E-state index contributed by atoms with van der Waals surface area (Å²) in [5.74, 6) is -0.0205. The Morgan fingerprint density at radius 2 is 2.15 bits per heavy atom. The summed E-state index contributed by atoms with van der Waals surface area (Å²) in [6, 6.07) is 2.12. The molecule has 0 saturated heterocycles. The predicted octanol–water partition coefficient (Wildman–Crippen LogP) is 2.13. The fourth-order valence-corrected chi connectivity index (χ4v) is 1.17. The smallest absolute Gasteiger partial charge is 0.307 e. The maximum Gasteiger partial charge on any atom is 0.307 e. The highest BCUT2D eigenvalue weighted by Gasteiger charge is 2.15. The van der Waals surface area contributed by atoms with Crippen molar-refractivity contribution in [2.75, 3.05) is 6.61 Å². The van der Waals surface area contributed by atoms with Gasteiger partial charge in [-0.25, -0.2) is 0 Å². The fourth-order valence-electron chi connectivity index (χ4n) is 1.17. The number of esters is 1. The van der Waals surface area contributed by atoms with Crippen LogP contribution < -0.4 is 0 Å². The monoisotopic (exact) mass is 183 g/mol. The first-order chi connectivity index (χ1) is 6.10. The molecule has 0 saturated carbocycles. The van der Waals surface area contributed by atoms with Crippen LogP contribution in [0.1, 0.15) is 33.6 Å². The lowest BCUT2D eigenvalue weighted by Crippen LogP contribution is -2.12. The second-order valence-electron chi connectivity index (χ2n) is 3.46. The van der Waals surface area contributed by atoms with Crippen LogP contribution in [0.2, 0.25) is 0 Å². The average molecular weight is 183 g/mol. The molecule has 74 valence electrons. The molecule has 0 aliphatic heterocycles. The van der Waals surface area contributed by atoms with Gasteiger partial charge in [-0.15, -0.1) is 0 Å². The van der Waals surface area contributed by atoms with E-state index in [0.717, 1.165) is 6.42 Å². The number of nitrogens with zero attached hydrogens (tertiary/aromatic N) is 1. The van der Waals surface area contributed by atoms with Crippen molar-refractivity contribution in [3.05, 3.63) is 0 Å². The van der Waals surface area contributed by atoms with E-state index in [2.05, 4.69) is 6.07 Å². The van der Waals surface area contributed by atoms with Crippen molar-refractivity contribution in [2.45, 2.75) is 33.6 Å². The number of hydrogen-bond donors (Lipinski definition) is 0. The van der Waals surface area contributed by atoms with Crippen LogP contribution in [0.5, 0.6) is 0 Å². The van der Waals surface area contributed by atoms with E-state index < -0.39 is 0 Å². The second kappa shape index (κ2) is 6.47. The van der Waals surface area contributed by atoms with Crippen molar-refractivity contribution in [3.8, 4) is 6.07 Å². The highest BCUT2D eigenvalue weighted by atomic mass is 16.5. The quantitative estimate of drug-likeness (QED) is 0.613. The third-order valence-corrected chi connectivity index (χ3v) is 1.66. The number of nitriles is 1. The summed E-state index contributed by atoms with van der Waals surface area (Å²) in [4.78, 5) is 11.0. The lowest BCUT2D eigenvalue weighted by molar-refractivity contribution is -0.143. The Labute approximate surface area is 79.7 Å². The zero-order chi connectivity index (χ0) is 10.3. The number of rotatable bonds is 5. The molecule has 0 N–H and O–H groups in total. The van der Waals surface area contributed by atoms with Crippen LogP contribution in [0.15, 0.2) is 0 Å². The van der Waals surface area contributed by atoms with Gasteiger partial charge in [-0.3, -0.25) is 4.79 Å². The van der Waals surface area contributed by atoms with Crippen molar-refractivity contribution in [2.24, 2.45) is 11.8 Å². The van der Waals surface area contributed by atoms with Crippen LogP contribution >= 0.6 is 0 Å². The average Bonchev–Trinajstić information content (AvgIpc) is 2.02. The first-order valence-corrected chi connectivity index (χ1v) is 4.65. The number of ether oxygens (including phenoxy) is 1. The Morgan fingerprint density at radius 3 is 2.54 bits per heavy atom. The topological polar surface area (TPSA) is 50.1 Å². The third-order valence-electron chi connectivity index (χ3n) is 1.66. The Kier molecular flexibility index (Phi) is 5.96. The number of hydrogen-bond acceptors (Lipinski definition) is 3. The number of carbonyl (C=O) groups is 1. The summed E-state index contributed by atoms with van der Waals surface area (Å²) in [6.45, 7) is 6.23. The third kappa shape index (κ3) is 6.15. The molecule has 0 radical (unpaired) electrons.